The van der Waals surface area contributed by atoms with Gasteiger partial charge in [-0.2, -0.15) is 0 Å². The first-order valence-electron chi connectivity index (χ1n) is 6.78. The average molecular weight is 351 g/mol. The number of thioether (sulfide) groups is 2. The third-order valence-corrected chi connectivity index (χ3v) is 5.87. The summed E-state index contributed by atoms with van der Waals surface area (Å²) in [5.74, 6) is 3.46. The predicted octanol–water partition coefficient (Wildman–Crippen LogP) is 5.16. The van der Waals surface area contributed by atoms with E-state index in [2.05, 4.69) is 12.1 Å². The Balaban J connectivity index is 1.86. The Morgan fingerprint density at radius 3 is 1.64 bits per heavy atom. The van der Waals surface area contributed by atoms with Gasteiger partial charge in [-0.1, -0.05) is 48.6 Å². The van der Waals surface area contributed by atoms with Gasteiger partial charge in [0.1, 0.15) is 15.0 Å². The van der Waals surface area contributed by atoms with Gasteiger partial charge < -0.3 is 9.47 Å². The van der Waals surface area contributed by atoms with Crippen LogP contribution in [0.4, 0.5) is 0 Å². The number of hydrogen-bond acceptors (Lipinski definition) is 5. The molecule has 116 valence electrons. The van der Waals surface area contributed by atoms with Crippen LogP contribution in [0, 0.1) is 0 Å². The van der Waals surface area contributed by atoms with Crippen LogP contribution in [-0.2, 0) is 11.5 Å². The van der Waals surface area contributed by atoms with Crippen LogP contribution in [0.3, 0.4) is 0 Å². The Labute approximate surface area is 145 Å². The second-order valence-electron chi connectivity index (χ2n) is 4.45. The molecule has 0 heterocycles. The zero-order chi connectivity index (χ0) is 15.8. The molecular weight excluding hydrogens is 332 g/mol. The number of benzene rings is 2. The number of hydrogen-bond donors (Lipinski definition) is 0. The summed E-state index contributed by atoms with van der Waals surface area (Å²) < 4.78 is 11.6. The van der Waals surface area contributed by atoms with E-state index in [4.69, 9.17) is 21.7 Å². The van der Waals surface area contributed by atoms with Crippen molar-refractivity contribution in [1.82, 2.24) is 0 Å². The monoisotopic (exact) mass is 350 g/mol. The highest BCUT2D eigenvalue weighted by atomic mass is 32.2. The summed E-state index contributed by atoms with van der Waals surface area (Å²) in [6, 6.07) is 16.1. The highest BCUT2D eigenvalue weighted by molar-refractivity contribution is 8.46. The molecule has 22 heavy (non-hydrogen) atoms. The summed E-state index contributed by atoms with van der Waals surface area (Å²) >= 11 is 8.79. The molecule has 5 heteroatoms. The lowest BCUT2D eigenvalue weighted by Crippen LogP contribution is -1.93. The Morgan fingerprint density at radius 2 is 1.23 bits per heavy atom. The van der Waals surface area contributed by atoms with Gasteiger partial charge in [0.15, 0.2) is 0 Å². The maximum Gasteiger partial charge on any atom is 0.122 e. The van der Waals surface area contributed by atoms with E-state index >= 15 is 0 Å². The number of para-hydroxylation sites is 2. The zero-order valence-corrected chi connectivity index (χ0v) is 15.0. The molecule has 0 saturated heterocycles. The zero-order valence-electron chi connectivity index (χ0n) is 12.6. The van der Waals surface area contributed by atoms with Crippen molar-refractivity contribution in [2.75, 3.05) is 14.2 Å². The fraction of sp³-hybridized carbons (Fsp3) is 0.235. The molecule has 2 aromatic carbocycles. The Morgan fingerprint density at radius 1 is 0.818 bits per heavy atom. The molecular formula is C17H18O2S3. The lowest BCUT2D eigenvalue weighted by molar-refractivity contribution is 0.411. The maximum atomic E-state index is 5.46. The molecule has 0 unspecified atom stereocenters. The quantitative estimate of drug-likeness (QED) is 0.668. The molecule has 0 aliphatic carbocycles. The van der Waals surface area contributed by atoms with E-state index in [9.17, 15) is 0 Å². The van der Waals surface area contributed by atoms with Crippen LogP contribution >= 0.6 is 35.7 Å². The number of rotatable bonds is 6. The number of methoxy groups -OCH3 is 2. The third kappa shape index (κ3) is 4.93. The van der Waals surface area contributed by atoms with Gasteiger partial charge in [0.05, 0.1) is 14.2 Å². The highest BCUT2D eigenvalue weighted by Crippen LogP contribution is 2.30. The molecule has 0 fully saturated rings. The highest BCUT2D eigenvalue weighted by Gasteiger charge is 2.07. The van der Waals surface area contributed by atoms with Crippen molar-refractivity contribution >= 4 is 39.3 Å². The van der Waals surface area contributed by atoms with Gasteiger partial charge in [-0.15, -0.1) is 23.5 Å². The smallest absolute Gasteiger partial charge is 0.122 e. The van der Waals surface area contributed by atoms with Crippen LogP contribution in [0.25, 0.3) is 0 Å². The second kappa shape index (κ2) is 9.08. The minimum atomic E-state index is 0.821. The molecule has 0 aliphatic rings. The minimum absolute atomic E-state index is 0.821. The molecule has 2 aromatic rings. The van der Waals surface area contributed by atoms with Gasteiger partial charge in [0.25, 0.3) is 0 Å². The van der Waals surface area contributed by atoms with Crippen LogP contribution in [0.5, 0.6) is 11.5 Å². The first-order valence-corrected chi connectivity index (χ1v) is 9.16. The van der Waals surface area contributed by atoms with E-state index in [1.54, 1.807) is 37.7 Å². The summed E-state index contributed by atoms with van der Waals surface area (Å²) in [4.78, 5) is 0. The van der Waals surface area contributed by atoms with Crippen LogP contribution < -0.4 is 9.47 Å². The van der Waals surface area contributed by atoms with Crippen molar-refractivity contribution in [3.8, 4) is 11.5 Å². The molecule has 0 atom stereocenters. The molecule has 0 N–H and O–H groups in total. The Hall–Kier alpha value is -1.17. The topological polar surface area (TPSA) is 18.5 Å². The molecule has 0 amide bonds. The molecule has 0 spiro atoms. The lowest BCUT2D eigenvalue weighted by atomic mass is 10.2. The summed E-state index contributed by atoms with van der Waals surface area (Å²) in [6.45, 7) is 0. The van der Waals surface area contributed by atoms with Crippen LogP contribution in [-0.4, -0.2) is 17.7 Å². The van der Waals surface area contributed by atoms with Crippen molar-refractivity contribution < 1.29 is 9.47 Å². The molecule has 2 rings (SSSR count). The molecule has 0 radical (unpaired) electrons. The summed E-state index contributed by atoms with van der Waals surface area (Å²) in [6.07, 6.45) is 0. The van der Waals surface area contributed by atoms with Crippen molar-refractivity contribution in [2.45, 2.75) is 11.5 Å². The summed E-state index contributed by atoms with van der Waals surface area (Å²) in [5.41, 5.74) is 2.32. The molecule has 0 aromatic heterocycles. The molecule has 2 nitrogen and oxygen atoms in total. The molecule has 0 saturated carbocycles. The Bertz CT molecular complexity index is 575. The van der Waals surface area contributed by atoms with Crippen molar-refractivity contribution in [3.63, 3.8) is 0 Å². The number of ether oxygens (including phenoxy) is 2. The summed E-state index contributed by atoms with van der Waals surface area (Å²) in [7, 11) is 3.39. The fourth-order valence-electron chi connectivity index (χ4n) is 1.96. The number of thiocarbonyl (C=S) groups is 1. The van der Waals surface area contributed by atoms with Crippen molar-refractivity contribution in [2.24, 2.45) is 0 Å². The second-order valence-corrected chi connectivity index (χ2v) is 7.61. The molecule has 0 aliphatic heterocycles. The van der Waals surface area contributed by atoms with E-state index in [0.717, 1.165) is 37.7 Å². The Kier molecular flexibility index (Phi) is 7.09. The van der Waals surface area contributed by atoms with Crippen LogP contribution in [0.2, 0.25) is 0 Å². The van der Waals surface area contributed by atoms with E-state index in [1.807, 2.05) is 36.4 Å². The van der Waals surface area contributed by atoms with Gasteiger partial charge in [0, 0.05) is 22.6 Å². The normalized spacial score (nSPS) is 10.3. The van der Waals surface area contributed by atoms with Gasteiger partial charge in [-0.3, -0.25) is 0 Å². The van der Waals surface area contributed by atoms with Gasteiger partial charge in [-0.05, 0) is 12.1 Å². The van der Waals surface area contributed by atoms with Crippen molar-refractivity contribution in [1.29, 1.82) is 0 Å². The van der Waals surface area contributed by atoms with E-state index < -0.39 is 0 Å². The van der Waals surface area contributed by atoms with Crippen LogP contribution in [0.15, 0.2) is 48.5 Å². The summed E-state index contributed by atoms with van der Waals surface area (Å²) in [5, 5.41) is 0. The SMILES string of the molecule is COc1ccccc1CSC(=S)SCc1ccccc1OC. The largest absolute Gasteiger partial charge is 0.496 e. The van der Waals surface area contributed by atoms with Crippen molar-refractivity contribution in [3.05, 3.63) is 59.7 Å². The average Bonchev–Trinajstić information content (AvgIpc) is 2.58. The van der Waals surface area contributed by atoms with Gasteiger partial charge >= 0.3 is 0 Å². The van der Waals surface area contributed by atoms with Crippen LogP contribution in [0.1, 0.15) is 11.1 Å². The third-order valence-electron chi connectivity index (χ3n) is 3.08. The fourth-order valence-corrected chi connectivity index (χ4v) is 4.02. The first kappa shape index (κ1) is 17.2. The van der Waals surface area contributed by atoms with E-state index in [-0.39, 0.29) is 0 Å². The molecule has 0 bridgehead atoms. The van der Waals surface area contributed by atoms with Gasteiger partial charge in [0.2, 0.25) is 0 Å². The standard InChI is InChI=1S/C17H18O2S3/c1-18-15-9-5-3-7-13(15)11-21-17(20)22-12-14-8-4-6-10-16(14)19-2/h3-10H,11-12H2,1-2H3. The predicted molar refractivity (Wildman–Crippen MR) is 101 cm³/mol. The lowest BCUT2D eigenvalue weighted by Gasteiger charge is -2.09. The maximum absolute atomic E-state index is 5.46. The van der Waals surface area contributed by atoms with Gasteiger partial charge in [-0.25, -0.2) is 0 Å². The minimum Gasteiger partial charge on any atom is -0.496 e. The first-order chi connectivity index (χ1) is 10.7. The van der Waals surface area contributed by atoms with E-state index in [1.165, 1.54) is 0 Å². The van der Waals surface area contributed by atoms with E-state index in [0.29, 0.717) is 0 Å².